The third-order valence-corrected chi connectivity index (χ3v) is 2.64. The van der Waals surface area contributed by atoms with Crippen LogP contribution in [-0.2, 0) is 4.79 Å². The molecule has 0 spiro atoms. The molecule has 18 heavy (non-hydrogen) atoms. The van der Waals surface area contributed by atoms with Gasteiger partial charge in [0.15, 0.2) is 0 Å². The minimum atomic E-state index is -0.966. The number of aryl methyl sites for hydroxylation is 1. The standard InChI is InChI=1S/C13H11N3O2/c1-8-6-11(16-15-8)12(13(17)18)10-4-2-9(7-14)3-5-10/h2-6,12H,1H3,(H,15,16)(H,17,18). The summed E-state index contributed by atoms with van der Waals surface area (Å²) >= 11 is 0. The molecule has 0 saturated carbocycles. The molecule has 1 aromatic carbocycles. The Morgan fingerprint density at radius 1 is 1.44 bits per heavy atom. The van der Waals surface area contributed by atoms with Crippen LogP contribution >= 0.6 is 0 Å². The number of H-pyrrole nitrogens is 1. The van der Waals surface area contributed by atoms with Crippen molar-refractivity contribution >= 4 is 5.97 Å². The molecule has 0 aliphatic heterocycles. The van der Waals surface area contributed by atoms with Crippen molar-refractivity contribution in [1.82, 2.24) is 10.2 Å². The van der Waals surface area contributed by atoms with Gasteiger partial charge in [0.2, 0.25) is 0 Å². The lowest BCUT2D eigenvalue weighted by Crippen LogP contribution is -2.13. The molecule has 1 unspecified atom stereocenters. The summed E-state index contributed by atoms with van der Waals surface area (Å²) in [5, 5.41) is 24.7. The van der Waals surface area contributed by atoms with Crippen molar-refractivity contribution in [3.05, 3.63) is 52.8 Å². The fourth-order valence-electron chi connectivity index (χ4n) is 1.78. The van der Waals surface area contributed by atoms with Crippen LogP contribution in [0.15, 0.2) is 30.3 Å². The molecule has 0 aliphatic carbocycles. The first-order chi connectivity index (χ1) is 8.61. The number of aromatic amines is 1. The molecular formula is C13H11N3O2. The number of hydrogen-bond acceptors (Lipinski definition) is 3. The number of nitriles is 1. The average Bonchev–Trinajstić information content (AvgIpc) is 2.76. The van der Waals surface area contributed by atoms with E-state index in [1.165, 1.54) is 0 Å². The van der Waals surface area contributed by atoms with E-state index in [1.807, 2.05) is 13.0 Å². The Morgan fingerprint density at radius 3 is 2.56 bits per heavy atom. The van der Waals surface area contributed by atoms with E-state index in [9.17, 15) is 9.90 Å². The fraction of sp³-hybridized carbons (Fsp3) is 0.154. The largest absolute Gasteiger partial charge is 0.480 e. The van der Waals surface area contributed by atoms with Crippen molar-refractivity contribution < 1.29 is 9.90 Å². The second-order valence-electron chi connectivity index (χ2n) is 3.98. The van der Waals surface area contributed by atoms with Gasteiger partial charge in [0.05, 0.1) is 17.3 Å². The quantitative estimate of drug-likeness (QED) is 0.857. The molecule has 90 valence electrons. The highest BCUT2D eigenvalue weighted by Crippen LogP contribution is 2.24. The van der Waals surface area contributed by atoms with E-state index in [0.717, 1.165) is 5.69 Å². The summed E-state index contributed by atoms with van der Waals surface area (Å²) in [4.78, 5) is 11.3. The normalized spacial score (nSPS) is 11.8. The predicted molar refractivity (Wildman–Crippen MR) is 64.0 cm³/mol. The maximum Gasteiger partial charge on any atom is 0.317 e. The van der Waals surface area contributed by atoms with Gasteiger partial charge >= 0.3 is 5.97 Å². The van der Waals surface area contributed by atoms with Gasteiger partial charge in [-0.15, -0.1) is 0 Å². The number of carboxylic acid groups (broad SMARTS) is 1. The van der Waals surface area contributed by atoms with E-state index in [1.54, 1.807) is 30.3 Å². The highest BCUT2D eigenvalue weighted by Gasteiger charge is 2.24. The lowest BCUT2D eigenvalue weighted by molar-refractivity contribution is -0.137. The van der Waals surface area contributed by atoms with Crippen molar-refractivity contribution in [2.24, 2.45) is 0 Å². The maximum absolute atomic E-state index is 11.3. The van der Waals surface area contributed by atoms with Crippen LogP contribution in [0.2, 0.25) is 0 Å². The molecule has 0 saturated heterocycles. The van der Waals surface area contributed by atoms with Crippen molar-refractivity contribution in [3.8, 4) is 6.07 Å². The van der Waals surface area contributed by atoms with Crippen LogP contribution in [0, 0.1) is 18.3 Å². The Kier molecular flexibility index (Phi) is 3.11. The Labute approximate surface area is 104 Å². The van der Waals surface area contributed by atoms with Gasteiger partial charge in [-0.05, 0) is 30.7 Å². The minimum absolute atomic E-state index is 0.463. The summed E-state index contributed by atoms with van der Waals surface area (Å²) in [5.41, 5.74) is 2.38. The minimum Gasteiger partial charge on any atom is -0.480 e. The summed E-state index contributed by atoms with van der Waals surface area (Å²) in [7, 11) is 0. The smallest absolute Gasteiger partial charge is 0.317 e. The molecule has 5 heteroatoms. The molecule has 1 atom stereocenters. The SMILES string of the molecule is Cc1cc(C(C(=O)O)c2ccc(C#N)cc2)n[nH]1. The second-order valence-corrected chi connectivity index (χ2v) is 3.98. The van der Waals surface area contributed by atoms with E-state index in [0.29, 0.717) is 16.8 Å². The van der Waals surface area contributed by atoms with E-state index in [2.05, 4.69) is 10.2 Å². The first kappa shape index (κ1) is 11.9. The average molecular weight is 241 g/mol. The predicted octanol–water partition coefficient (Wildman–Crippen LogP) is 1.81. The van der Waals surface area contributed by atoms with Crippen LogP contribution in [-0.4, -0.2) is 21.3 Å². The van der Waals surface area contributed by atoms with Gasteiger partial charge in [0.25, 0.3) is 0 Å². The van der Waals surface area contributed by atoms with E-state index in [-0.39, 0.29) is 0 Å². The zero-order chi connectivity index (χ0) is 13.1. The number of rotatable bonds is 3. The molecule has 0 amide bonds. The fourth-order valence-corrected chi connectivity index (χ4v) is 1.78. The molecular weight excluding hydrogens is 230 g/mol. The van der Waals surface area contributed by atoms with Crippen LogP contribution in [0.4, 0.5) is 0 Å². The summed E-state index contributed by atoms with van der Waals surface area (Å²) < 4.78 is 0. The number of nitrogens with zero attached hydrogens (tertiary/aromatic N) is 2. The maximum atomic E-state index is 11.3. The lowest BCUT2D eigenvalue weighted by Gasteiger charge is -2.09. The molecule has 0 radical (unpaired) electrons. The van der Waals surface area contributed by atoms with E-state index < -0.39 is 11.9 Å². The number of aromatic nitrogens is 2. The molecule has 1 heterocycles. The number of nitrogens with one attached hydrogen (secondary N) is 1. The molecule has 0 bridgehead atoms. The third-order valence-electron chi connectivity index (χ3n) is 2.64. The number of aliphatic carboxylic acids is 1. The van der Waals surface area contributed by atoms with Gasteiger partial charge in [0, 0.05) is 5.69 Å². The molecule has 2 rings (SSSR count). The van der Waals surface area contributed by atoms with E-state index >= 15 is 0 Å². The van der Waals surface area contributed by atoms with Gasteiger partial charge in [0.1, 0.15) is 5.92 Å². The highest BCUT2D eigenvalue weighted by atomic mass is 16.4. The number of hydrogen-bond donors (Lipinski definition) is 2. The van der Waals surface area contributed by atoms with Gasteiger partial charge in [-0.3, -0.25) is 9.89 Å². The topological polar surface area (TPSA) is 89.8 Å². The van der Waals surface area contributed by atoms with Crippen molar-refractivity contribution in [1.29, 1.82) is 5.26 Å². The summed E-state index contributed by atoms with van der Waals surface area (Å²) in [6.07, 6.45) is 0. The van der Waals surface area contributed by atoms with Crippen molar-refractivity contribution in [2.45, 2.75) is 12.8 Å². The van der Waals surface area contributed by atoms with Crippen molar-refractivity contribution in [2.75, 3.05) is 0 Å². The van der Waals surface area contributed by atoms with Crippen LogP contribution in [0.1, 0.15) is 28.4 Å². The van der Waals surface area contributed by atoms with Gasteiger partial charge < -0.3 is 5.11 Å². The Hall–Kier alpha value is -2.61. The monoisotopic (exact) mass is 241 g/mol. The van der Waals surface area contributed by atoms with Crippen LogP contribution < -0.4 is 0 Å². The third kappa shape index (κ3) is 2.23. The van der Waals surface area contributed by atoms with Crippen LogP contribution in [0.5, 0.6) is 0 Å². The first-order valence-corrected chi connectivity index (χ1v) is 5.36. The molecule has 1 aromatic heterocycles. The second kappa shape index (κ2) is 4.72. The van der Waals surface area contributed by atoms with E-state index in [4.69, 9.17) is 5.26 Å². The van der Waals surface area contributed by atoms with Crippen LogP contribution in [0.25, 0.3) is 0 Å². The van der Waals surface area contributed by atoms with Gasteiger partial charge in [-0.2, -0.15) is 10.4 Å². The number of benzene rings is 1. The van der Waals surface area contributed by atoms with Gasteiger partial charge in [-0.1, -0.05) is 12.1 Å². The Morgan fingerprint density at radius 2 is 2.11 bits per heavy atom. The summed E-state index contributed by atoms with van der Waals surface area (Å²) in [6.45, 7) is 1.81. The molecule has 5 nitrogen and oxygen atoms in total. The Bertz CT molecular complexity index is 608. The van der Waals surface area contributed by atoms with Crippen LogP contribution in [0.3, 0.4) is 0 Å². The number of carboxylic acids is 1. The molecule has 2 N–H and O–H groups in total. The number of carbonyl (C=O) groups is 1. The van der Waals surface area contributed by atoms with Crippen molar-refractivity contribution in [3.63, 3.8) is 0 Å². The summed E-state index contributed by atoms with van der Waals surface area (Å²) in [5.74, 6) is -1.78. The molecule has 0 aliphatic rings. The lowest BCUT2D eigenvalue weighted by atomic mass is 9.95. The highest BCUT2D eigenvalue weighted by molar-refractivity contribution is 5.79. The zero-order valence-corrected chi connectivity index (χ0v) is 9.71. The summed E-state index contributed by atoms with van der Waals surface area (Å²) in [6, 6.07) is 10.2. The first-order valence-electron chi connectivity index (χ1n) is 5.36. The molecule has 0 fully saturated rings. The Balaban J connectivity index is 2.42. The zero-order valence-electron chi connectivity index (χ0n) is 9.71. The molecule has 2 aromatic rings. The van der Waals surface area contributed by atoms with Gasteiger partial charge in [-0.25, -0.2) is 0 Å².